The monoisotopic (exact) mass is 333 g/mol. The fraction of sp³-hybridized carbons (Fsp3) is 0.250. The summed E-state index contributed by atoms with van der Waals surface area (Å²) in [6, 6.07) is 9.33. The van der Waals surface area contributed by atoms with E-state index in [0.29, 0.717) is 17.2 Å². The average molecular weight is 333 g/mol. The highest BCUT2D eigenvalue weighted by Gasteiger charge is 2.29. The number of hydrogen-bond donors (Lipinski definition) is 2. The minimum Gasteiger partial charge on any atom is -0.478 e. The van der Waals surface area contributed by atoms with Crippen molar-refractivity contribution in [1.29, 1.82) is 0 Å². The molecule has 0 saturated carbocycles. The number of fused-ring (bicyclic) bond motifs is 1. The van der Waals surface area contributed by atoms with E-state index < -0.39 is 27.8 Å². The molecule has 120 valence electrons. The van der Waals surface area contributed by atoms with Crippen molar-refractivity contribution in [3.8, 4) is 0 Å². The Kier molecular flexibility index (Phi) is 3.81. The van der Waals surface area contributed by atoms with Crippen molar-refractivity contribution in [2.75, 3.05) is 11.5 Å². The van der Waals surface area contributed by atoms with Crippen LogP contribution in [-0.2, 0) is 9.84 Å². The van der Waals surface area contributed by atoms with Gasteiger partial charge in [0.2, 0.25) is 0 Å². The van der Waals surface area contributed by atoms with Crippen LogP contribution in [0.15, 0.2) is 36.4 Å². The highest BCUT2D eigenvalue weighted by atomic mass is 32.2. The molecule has 2 N–H and O–H groups in total. The lowest BCUT2D eigenvalue weighted by Crippen LogP contribution is -2.35. The Hall–Kier alpha value is -2.41. The lowest BCUT2D eigenvalue weighted by Gasteiger charge is -2.13. The second-order valence-corrected chi connectivity index (χ2v) is 7.82. The topological polar surface area (TPSA) is 101 Å². The molecule has 23 heavy (non-hydrogen) atoms. The molecule has 2 aromatic rings. The van der Waals surface area contributed by atoms with Crippen LogP contribution < -0.4 is 5.32 Å². The van der Waals surface area contributed by atoms with Crippen LogP contribution >= 0.6 is 0 Å². The van der Waals surface area contributed by atoms with Crippen LogP contribution in [0.4, 0.5) is 0 Å². The van der Waals surface area contributed by atoms with Crippen LogP contribution in [-0.4, -0.2) is 42.9 Å². The van der Waals surface area contributed by atoms with E-state index in [-0.39, 0.29) is 22.6 Å². The molecule has 1 amide bonds. The highest BCUT2D eigenvalue weighted by Crippen LogP contribution is 2.24. The van der Waals surface area contributed by atoms with Crippen LogP contribution in [0.5, 0.6) is 0 Å². The zero-order valence-corrected chi connectivity index (χ0v) is 13.0. The van der Waals surface area contributed by atoms with E-state index in [1.807, 2.05) is 0 Å². The summed E-state index contributed by atoms with van der Waals surface area (Å²) >= 11 is 0. The summed E-state index contributed by atoms with van der Waals surface area (Å²) in [5, 5.41) is 13.0. The fourth-order valence-electron chi connectivity index (χ4n) is 2.88. The zero-order valence-electron chi connectivity index (χ0n) is 12.2. The Bertz CT molecular complexity index is 899. The summed E-state index contributed by atoms with van der Waals surface area (Å²) in [6.45, 7) is 0. The van der Waals surface area contributed by atoms with Gasteiger partial charge in [-0.15, -0.1) is 0 Å². The maximum Gasteiger partial charge on any atom is 0.336 e. The predicted molar refractivity (Wildman–Crippen MR) is 85.4 cm³/mol. The number of hydrogen-bond acceptors (Lipinski definition) is 4. The first kappa shape index (κ1) is 15.5. The number of amides is 1. The quantitative estimate of drug-likeness (QED) is 0.885. The molecule has 3 rings (SSSR count). The lowest BCUT2D eigenvalue weighted by atomic mass is 9.98. The third kappa shape index (κ3) is 3.05. The van der Waals surface area contributed by atoms with E-state index in [4.69, 9.17) is 0 Å². The van der Waals surface area contributed by atoms with Crippen LogP contribution in [0.3, 0.4) is 0 Å². The second-order valence-electron chi connectivity index (χ2n) is 5.59. The van der Waals surface area contributed by atoms with Gasteiger partial charge >= 0.3 is 5.97 Å². The van der Waals surface area contributed by atoms with Gasteiger partial charge in [-0.05, 0) is 23.9 Å². The van der Waals surface area contributed by atoms with Gasteiger partial charge < -0.3 is 10.4 Å². The van der Waals surface area contributed by atoms with E-state index in [0.717, 1.165) is 0 Å². The minimum atomic E-state index is -3.10. The van der Waals surface area contributed by atoms with Gasteiger partial charge in [0.15, 0.2) is 9.84 Å². The summed E-state index contributed by atoms with van der Waals surface area (Å²) in [5.41, 5.74) is 0.289. The summed E-state index contributed by atoms with van der Waals surface area (Å²) < 4.78 is 23.0. The molecule has 1 atom stereocenters. The molecular formula is C16H15NO5S. The second kappa shape index (κ2) is 5.66. The van der Waals surface area contributed by atoms with Gasteiger partial charge in [0, 0.05) is 17.0 Å². The predicted octanol–water partition coefficient (Wildman–Crippen LogP) is 1.45. The Balaban J connectivity index is 1.99. The van der Waals surface area contributed by atoms with Crippen molar-refractivity contribution in [3.63, 3.8) is 0 Å². The SMILES string of the molecule is O=C(O)c1cccc2cccc(C(=O)NC3CCS(=O)(=O)C3)c12. The normalized spacial score (nSPS) is 19.6. The minimum absolute atomic E-state index is 0.0484. The summed E-state index contributed by atoms with van der Waals surface area (Å²) in [4.78, 5) is 23.9. The van der Waals surface area contributed by atoms with Gasteiger partial charge in [-0.2, -0.15) is 0 Å². The maximum atomic E-state index is 12.5. The Morgan fingerprint density at radius 1 is 1.09 bits per heavy atom. The first-order chi connectivity index (χ1) is 10.9. The van der Waals surface area contributed by atoms with E-state index in [9.17, 15) is 23.1 Å². The van der Waals surface area contributed by atoms with Gasteiger partial charge in [-0.1, -0.05) is 24.3 Å². The van der Waals surface area contributed by atoms with Gasteiger partial charge in [-0.3, -0.25) is 4.79 Å². The molecule has 1 saturated heterocycles. The van der Waals surface area contributed by atoms with Gasteiger partial charge in [0.1, 0.15) is 0 Å². The number of benzene rings is 2. The van der Waals surface area contributed by atoms with E-state index in [2.05, 4.69) is 5.32 Å². The molecule has 1 aliphatic heterocycles. The number of carboxylic acid groups (broad SMARTS) is 1. The first-order valence-corrected chi connectivity index (χ1v) is 8.96. The molecule has 0 radical (unpaired) electrons. The van der Waals surface area contributed by atoms with Crippen molar-refractivity contribution in [3.05, 3.63) is 47.5 Å². The van der Waals surface area contributed by atoms with Crippen LogP contribution in [0.2, 0.25) is 0 Å². The molecular weight excluding hydrogens is 318 g/mol. The molecule has 0 aromatic heterocycles. The first-order valence-electron chi connectivity index (χ1n) is 7.14. The zero-order chi connectivity index (χ0) is 16.6. The third-order valence-electron chi connectivity index (χ3n) is 3.95. The van der Waals surface area contributed by atoms with Crippen LogP contribution in [0.25, 0.3) is 10.8 Å². The molecule has 0 bridgehead atoms. The number of carbonyl (C=O) groups is 2. The number of aromatic carboxylic acids is 1. The molecule has 6 nitrogen and oxygen atoms in total. The Labute approximate surface area is 133 Å². The van der Waals surface area contributed by atoms with Crippen LogP contribution in [0, 0.1) is 0 Å². The van der Waals surface area contributed by atoms with Gasteiger partial charge in [0.05, 0.1) is 17.1 Å². The van der Waals surface area contributed by atoms with Crippen molar-refractivity contribution >= 4 is 32.5 Å². The maximum absolute atomic E-state index is 12.5. The highest BCUT2D eigenvalue weighted by molar-refractivity contribution is 7.91. The molecule has 2 aromatic carbocycles. The van der Waals surface area contributed by atoms with E-state index in [1.54, 1.807) is 30.3 Å². The Morgan fingerprint density at radius 2 is 1.74 bits per heavy atom. The number of rotatable bonds is 3. The summed E-state index contributed by atoms with van der Waals surface area (Å²) in [7, 11) is -3.10. The number of carboxylic acids is 1. The molecule has 1 aliphatic rings. The standard InChI is InChI=1S/C16H15NO5S/c18-15(17-11-7-8-23(21,22)9-11)12-5-1-3-10-4-2-6-13(14(10)12)16(19)20/h1-6,11H,7-9H2,(H,17,18)(H,19,20). The number of sulfone groups is 1. The summed E-state index contributed by atoms with van der Waals surface area (Å²) in [6.07, 6.45) is 0.380. The third-order valence-corrected chi connectivity index (χ3v) is 5.72. The summed E-state index contributed by atoms with van der Waals surface area (Å²) in [5.74, 6) is -1.57. The van der Waals surface area contributed by atoms with Crippen molar-refractivity contribution in [2.24, 2.45) is 0 Å². The van der Waals surface area contributed by atoms with Gasteiger partial charge in [0.25, 0.3) is 5.91 Å². The van der Waals surface area contributed by atoms with Crippen molar-refractivity contribution < 1.29 is 23.1 Å². The van der Waals surface area contributed by atoms with Crippen LogP contribution in [0.1, 0.15) is 27.1 Å². The molecule has 0 aliphatic carbocycles. The van der Waals surface area contributed by atoms with E-state index >= 15 is 0 Å². The number of carbonyl (C=O) groups excluding carboxylic acids is 1. The molecule has 1 heterocycles. The smallest absolute Gasteiger partial charge is 0.336 e. The fourth-order valence-corrected chi connectivity index (χ4v) is 4.55. The molecule has 7 heteroatoms. The lowest BCUT2D eigenvalue weighted by molar-refractivity contribution is 0.0699. The van der Waals surface area contributed by atoms with E-state index in [1.165, 1.54) is 6.07 Å². The van der Waals surface area contributed by atoms with Gasteiger partial charge in [-0.25, -0.2) is 13.2 Å². The Morgan fingerprint density at radius 3 is 2.30 bits per heavy atom. The molecule has 0 spiro atoms. The van der Waals surface area contributed by atoms with Crippen molar-refractivity contribution in [2.45, 2.75) is 12.5 Å². The average Bonchev–Trinajstić information content (AvgIpc) is 2.84. The number of nitrogens with one attached hydrogen (secondary N) is 1. The molecule has 1 fully saturated rings. The largest absolute Gasteiger partial charge is 0.478 e. The molecule has 1 unspecified atom stereocenters. The van der Waals surface area contributed by atoms with Crippen molar-refractivity contribution in [1.82, 2.24) is 5.32 Å².